The first-order valence-corrected chi connectivity index (χ1v) is 10.5. The maximum absolute atomic E-state index is 11.6. The van der Waals surface area contributed by atoms with Gasteiger partial charge in [-0.2, -0.15) is 0 Å². The Morgan fingerprint density at radius 2 is 0.958 bits per heavy atom. The van der Waals surface area contributed by atoms with Gasteiger partial charge in [-0.05, 0) is 12.8 Å². The van der Waals surface area contributed by atoms with Crippen LogP contribution in [0.4, 0.5) is 0 Å². The molecule has 0 aromatic heterocycles. The highest BCUT2D eigenvalue weighted by Gasteiger charge is 2.02. The molecule has 0 rings (SSSR count). The molecule has 0 unspecified atom stereocenters. The number of hydrogen-bond donors (Lipinski definition) is 1. The molecule has 0 spiro atoms. The van der Waals surface area contributed by atoms with Crippen molar-refractivity contribution < 1.29 is 9.53 Å². The van der Waals surface area contributed by atoms with E-state index in [9.17, 15) is 4.79 Å². The van der Waals surface area contributed by atoms with E-state index in [1.807, 2.05) is 0 Å². The standard InChI is InChI=1S/C21H42O2.H3N/c1-3-5-7-9-11-12-13-14-16-18-20-23-21(22)19-17-15-10-8-6-4-2;/h3-20H2,1-2H3;1H3/p+1. The third-order valence-corrected chi connectivity index (χ3v) is 4.50. The number of rotatable bonds is 18. The highest BCUT2D eigenvalue weighted by atomic mass is 16.5. The molecule has 24 heavy (non-hydrogen) atoms. The first-order chi connectivity index (χ1) is 11.3. The van der Waals surface area contributed by atoms with Crippen LogP contribution in [0, 0.1) is 0 Å². The first-order valence-electron chi connectivity index (χ1n) is 10.5. The smallest absolute Gasteiger partial charge is 0.305 e. The Balaban J connectivity index is 0. The SMILES string of the molecule is CCCCCCCCCCCCOC(=O)CCCCCCCC.[NH4+]. The summed E-state index contributed by atoms with van der Waals surface area (Å²) >= 11 is 0. The molecular weight excluding hydrogens is 298 g/mol. The molecule has 146 valence electrons. The Hall–Kier alpha value is -0.570. The zero-order chi connectivity index (χ0) is 17.0. The van der Waals surface area contributed by atoms with Crippen LogP contribution in [0.3, 0.4) is 0 Å². The van der Waals surface area contributed by atoms with Gasteiger partial charge in [0, 0.05) is 6.42 Å². The van der Waals surface area contributed by atoms with Crippen molar-refractivity contribution in [1.82, 2.24) is 6.15 Å². The summed E-state index contributed by atoms with van der Waals surface area (Å²) in [4.78, 5) is 11.6. The molecule has 0 bridgehead atoms. The maximum atomic E-state index is 11.6. The van der Waals surface area contributed by atoms with Crippen LogP contribution >= 0.6 is 0 Å². The minimum Gasteiger partial charge on any atom is -0.466 e. The van der Waals surface area contributed by atoms with Gasteiger partial charge in [0.2, 0.25) is 0 Å². The van der Waals surface area contributed by atoms with E-state index < -0.39 is 0 Å². The fourth-order valence-electron chi connectivity index (χ4n) is 2.90. The second kappa shape index (κ2) is 22.4. The lowest BCUT2D eigenvalue weighted by Crippen LogP contribution is -2.05. The summed E-state index contributed by atoms with van der Waals surface area (Å²) in [5.41, 5.74) is 0. The Morgan fingerprint density at radius 1 is 0.583 bits per heavy atom. The van der Waals surface area contributed by atoms with Crippen LogP contribution < -0.4 is 6.15 Å². The summed E-state index contributed by atoms with van der Waals surface area (Å²) < 4.78 is 5.30. The lowest BCUT2D eigenvalue weighted by molar-refractivity contribution is -0.143. The van der Waals surface area contributed by atoms with Gasteiger partial charge in [-0.1, -0.05) is 104 Å². The van der Waals surface area contributed by atoms with Crippen LogP contribution in [0.25, 0.3) is 0 Å². The third-order valence-electron chi connectivity index (χ3n) is 4.50. The topological polar surface area (TPSA) is 62.8 Å². The minimum absolute atomic E-state index is 0. The van der Waals surface area contributed by atoms with Crippen LogP contribution in [0.2, 0.25) is 0 Å². The van der Waals surface area contributed by atoms with Gasteiger partial charge in [-0.25, -0.2) is 0 Å². The molecule has 0 aliphatic carbocycles. The Morgan fingerprint density at radius 3 is 1.42 bits per heavy atom. The first kappa shape index (κ1) is 25.7. The summed E-state index contributed by atoms with van der Waals surface area (Å²) in [6.07, 6.45) is 21.2. The van der Waals surface area contributed by atoms with E-state index in [0.29, 0.717) is 13.0 Å². The van der Waals surface area contributed by atoms with E-state index in [2.05, 4.69) is 13.8 Å². The van der Waals surface area contributed by atoms with Gasteiger partial charge < -0.3 is 10.9 Å². The van der Waals surface area contributed by atoms with Crippen molar-refractivity contribution in [2.75, 3.05) is 6.61 Å². The van der Waals surface area contributed by atoms with Crippen molar-refractivity contribution in [3.63, 3.8) is 0 Å². The van der Waals surface area contributed by atoms with Crippen molar-refractivity contribution in [3.8, 4) is 0 Å². The predicted octanol–water partition coefficient (Wildman–Crippen LogP) is 7.58. The average Bonchev–Trinajstić information content (AvgIpc) is 2.56. The number of quaternary nitrogens is 1. The second-order valence-electron chi connectivity index (χ2n) is 6.92. The van der Waals surface area contributed by atoms with Crippen molar-refractivity contribution in [2.24, 2.45) is 0 Å². The number of carbonyl (C=O) groups excluding carboxylic acids is 1. The predicted molar refractivity (Wildman–Crippen MR) is 107 cm³/mol. The van der Waals surface area contributed by atoms with Crippen molar-refractivity contribution in [2.45, 2.75) is 123 Å². The zero-order valence-electron chi connectivity index (χ0n) is 17.0. The number of ether oxygens (including phenoxy) is 1. The van der Waals surface area contributed by atoms with E-state index in [4.69, 9.17) is 4.74 Å². The fraction of sp³-hybridized carbons (Fsp3) is 0.952. The Kier molecular flexibility index (Phi) is 24.0. The molecule has 0 aliphatic rings. The van der Waals surface area contributed by atoms with Crippen LogP contribution in [-0.2, 0) is 9.53 Å². The highest BCUT2D eigenvalue weighted by Crippen LogP contribution is 2.11. The molecule has 0 heterocycles. The molecule has 0 aliphatic heterocycles. The van der Waals surface area contributed by atoms with Gasteiger partial charge in [-0.15, -0.1) is 0 Å². The molecule has 3 nitrogen and oxygen atoms in total. The molecular formula is C21H46NO2+. The van der Waals surface area contributed by atoms with Crippen LogP contribution in [0.15, 0.2) is 0 Å². The summed E-state index contributed by atoms with van der Waals surface area (Å²) in [5.74, 6) is 0.0106. The van der Waals surface area contributed by atoms with Crippen LogP contribution in [-0.4, -0.2) is 12.6 Å². The lowest BCUT2D eigenvalue weighted by Gasteiger charge is -2.05. The van der Waals surface area contributed by atoms with Gasteiger partial charge in [-0.3, -0.25) is 4.79 Å². The molecule has 0 fully saturated rings. The normalized spacial score (nSPS) is 10.4. The number of carbonyl (C=O) groups is 1. The van der Waals surface area contributed by atoms with E-state index in [1.54, 1.807) is 0 Å². The van der Waals surface area contributed by atoms with Gasteiger partial charge in [0.1, 0.15) is 0 Å². The quantitative estimate of drug-likeness (QED) is 0.206. The Bertz CT molecular complexity index is 244. The molecule has 3 heteroatoms. The zero-order valence-corrected chi connectivity index (χ0v) is 17.0. The van der Waals surface area contributed by atoms with Gasteiger partial charge >= 0.3 is 5.97 Å². The summed E-state index contributed by atoms with van der Waals surface area (Å²) in [6.45, 7) is 5.12. The second-order valence-corrected chi connectivity index (χ2v) is 6.92. The molecule has 0 atom stereocenters. The number of hydrogen-bond acceptors (Lipinski definition) is 2. The van der Waals surface area contributed by atoms with Crippen molar-refractivity contribution in [1.29, 1.82) is 0 Å². The molecule has 0 saturated carbocycles. The van der Waals surface area contributed by atoms with E-state index in [0.717, 1.165) is 12.8 Å². The number of esters is 1. The van der Waals surface area contributed by atoms with Gasteiger partial charge in [0.25, 0.3) is 0 Å². The lowest BCUT2D eigenvalue weighted by atomic mass is 10.1. The van der Waals surface area contributed by atoms with Crippen molar-refractivity contribution in [3.05, 3.63) is 0 Å². The largest absolute Gasteiger partial charge is 0.466 e. The minimum atomic E-state index is 0. The van der Waals surface area contributed by atoms with E-state index in [-0.39, 0.29) is 12.1 Å². The van der Waals surface area contributed by atoms with E-state index in [1.165, 1.54) is 89.9 Å². The van der Waals surface area contributed by atoms with Gasteiger partial charge in [0.05, 0.1) is 6.61 Å². The monoisotopic (exact) mass is 344 g/mol. The molecule has 0 aromatic rings. The highest BCUT2D eigenvalue weighted by molar-refractivity contribution is 5.69. The summed E-state index contributed by atoms with van der Waals surface area (Å²) in [5, 5.41) is 0. The molecule has 0 saturated heterocycles. The van der Waals surface area contributed by atoms with Crippen LogP contribution in [0.1, 0.15) is 123 Å². The average molecular weight is 345 g/mol. The van der Waals surface area contributed by atoms with Crippen LogP contribution in [0.5, 0.6) is 0 Å². The molecule has 0 amide bonds. The summed E-state index contributed by atoms with van der Waals surface area (Å²) in [7, 11) is 0. The van der Waals surface area contributed by atoms with Crippen molar-refractivity contribution >= 4 is 5.97 Å². The molecule has 4 N–H and O–H groups in total. The molecule has 0 radical (unpaired) electrons. The fourth-order valence-corrected chi connectivity index (χ4v) is 2.90. The van der Waals surface area contributed by atoms with E-state index >= 15 is 0 Å². The molecule has 0 aromatic carbocycles. The third kappa shape index (κ3) is 21.4. The maximum Gasteiger partial charge on any atom is 0.305 e. The summed E-state index contributed by atoms with van der Waals surface area (Å²) in [6, 6.07) is 0. The number of unbranched alkanes of at least 4 members (excludes halogenated alkanes) is 14. The Labute approximate surface area is 151 Å². The van der Waals surface area contributed by atoms with Gasteiger partial charge in [0.15, 0.2) is 0 Å².